The van der Waals surface area contributed by atoms with Crippen molar-refractivity contribution >= 4 is 28.9 Å². The molecule has 7 heteroatoms. The van der Waals surface area contributed by atoms with E-state index in [4.69, 9.17) is 9.47 Å². The number of methoxy groups -OCH3 is 1. The summed E-state index contributed by atoms with van der Waals surface area (Å²) in [7, 11) is 1.65. The van der Waals surface area contributed by atoms with Crippen LogP contribution >= 0.6 is 11.8 Å². The molecule has 0 bridgehead atoms. The summed E-state index contributed by atoms with van der Waals surface area (Å²) in [6.45, 7) is 5.47. The first-order chi connectivity index (χ1) is 12.4. The van der Waals surface area contributed by atoms with Gasteiger partial charge in [0.15, 0.2) is 0 Å². The fourth-order valence-corrected chi connectivity index (χ4v) is 3.14. The van der Waals surface area contributed by atoms with Crippen LogP contribution in [0.2, 0.25) is 0 Å². The van der Waals surface area contributed by atoms with Crippen LogP contribution in [0.5, 0.6) is 5.75 Å². The monoisotopic (exact) mass is 371 g/mol. The minimum atomic E-state index is -0.572. The average Bonchev–Trinajstić information content (AvgIpc) is 3.02. The van der Waals surface area contributed by atoms with Crippen LogP contribution in [-0.2, 0) is 10.5 Å². The van der Waals surface area contributed by atoms with E-state index in [0.29, 0.717) is 11.0 Å². The molecule has 2 aromatic heterocycles. The Labute approximate surface area is 156 Å². The molecular weight excluding hydrogens is 350 g/mol. The molecule has 0 aliphatic carbocycles. The number of carbonyl (C=O) groups is 1. The van der Waals surface area contributed by atoms with Gasteiger partial charge in [0.1, 0.15) is 16.9 Å². The molecule has 0 amide bonds. The third kappa shape index (κ3) is 4.35. The standard InChI is InChI=1S/C19H21N3O3S/c1-19(2,3)25-18(23)22-16-9-10-17(21-15(16)11-20-22)26-12-13-5-7-14(24-4)8-6-13/h5-11H,12H2,1-4H3. The van der Waals surface area contributed by atoms with Crippen molar-refractivity contribution in [3.63, 3.8) is 0 Å². The van der Waals surface area contributed by atoms with Crippen LogP contribution in [0.3, 0.4) is 0 Å². The van der Waals surface area contributed by atoms with Crippen LogP contribution in [0.15, 0.2) is 47.6 Å². The zero-order valence-corrected chi connectivity index (χ0v) is 16.0. The third-order valence-corrected chi connectivity index (χ3v) is 4.51. The van der Waals surface area contributed by atoms with Crippen LogP contribution in [0, 0.1) is 0 Å². The summed E-state index contributed by atoms with van der Waals surface area (Å²) < 4.78 is 11.8. The number of rotatable bonds is 4. The van der Waals surface area contributed by atoms with Crippen molar-refractivity contribution in [3.05, 3.63) is 48.2 Å². The summed E-state index contributed by atoms with van der Waals surface area (Å²) in [5.74, 6) is 1.63. The van der Waals surface area contributed by atoms with Crippen molar-refractivity contribution in [2.24, 2.45) is 0 Å². The molecule has 2 heterocycles. The van der Waals surface area contributed by atoms with E-state index in [2.05, 4.69) is 10.1 Å². The number of nitrogens with zero attached hydrogens (tertiary/aromatic N) is 3. The van der Waals surface area contributed by atoms with E-state index < -0.39 is 11.7 Å². The van der Waals surface area contributed by atoms with Gasteiger partial charge in [0.05, 0.1) is 23.8 Å². The minimum absolute atomic E-state index is 0.507. The molecule has 0 N–H and O–H groups in total. The van der Waals surface area contributed by atoms with Gasteiger partial charge < -0.3 is 9.47 Å². The van der Waals surface area contributed by atoms with Crippen molar-refractivity contribution in [2.45, 2.75) is 37.2 Å². The van der Waals surface area contributed by atoms with E-state index in [0.717, 1.165) is 16.5 Å². The minimum Gasteiger partial charge on any atom is -0.497 e. The van der Waals surface area contributed by atoms with Gasteiger partial charge in [-0.05, 0) is 50.6 Å². The lowest BCUT2D eigenvalue weighted by Gasteiger charge is -2.19. The molecule has 0 saturated heterocycles. The van der Waals surface area contributed by atoms with Crippen LogP contribution in [-0.4, -0.2) is 33.6 Å². The maximum Gasteiger partial charge on any atom is 0.435 e. The molecule has 136 valence electrons. The maximum atomic E-state index is 12.2. The highest BCUT2D eigenvalue weighted by Crippen LogP contribution is 2.25. The Hall–Kier alpha value is -2.54. The lowest BCUT2D eigenvalue weighted by Crippen LogP contribution is -2.27. The Kier molecular flexibility index (Phi) is 5.18. The number of benzene rings is 1. The lowest BCUT2D eigenvalue weighted by atomic mass is 10.2. The number of carbonyl (C=O) groups excluding carboxylic acids is 1. The normalized spacial score (nSPS) is 11.5. The largest absolute Gasteiger partial charge is 0.497 e. The SMILES string of the molecule is COc1ccc(CSc2ccc3c(cnn3C(=O)OC(C)(C)C)n2)cc1. The van der Waals surface area contributed by atoms with Crippen LogP contribution in [0.1, 0.15) is 26.3 Å². The number of hydrogen-bond acceptors (Lipinski definition) is 6. The van der Waals surface area contributed by atoms with Crippen LogP contribution < -0.4 is 4.74 Å². The average molecular weight is 371 g/mol. The molecule has 0 aliphatic heterocycles. The van der Waals surface area contributed by atoms with Gasteiger partial charge in [-0.25, -0.2) is 9.78 Å². The fraction of sp³-hybridized carbons (Fsp3) is 0.316. The predicted octanol–water partition coefficient (Wildman–Crippen LogP) is 4.52. The molecule has 26 heavy (non-hydrogen) atoms. The Balaban J connectivity index is 1.72. The molecule has 3 rings (SSSR count). The summed E-state index contributed by atoms with van der Waals surface area (Å²) in [6, 6.07) is 11.7. The first-order valence-electron chi connectivity index (χ1n) is 8.19. The van der Waals surface area contributed by atoms with Gasteiger partial charge in [0, 0.05) is 5.75 Å². The number of aromatic nitrogens is 3. The number of thioether (sulfide) groups is 1. The summed E-state index contributed by atoms with van der Waals surface area (Å²) in [6.07, 6.45) is 1.07. The molecule has 0 spiro atoms. The molecule has 1 aromatic carbocycles. The van der Waals surface area contributed by atoms with E-state index >= 15 is 0 Å². The third-order valence-electron chi connectivity index (χ3n) is 3.51. The smallest absolute Gasteiger partial charge is 0.435 e. The molecule has 0 atom stereocenters. The molecule has 0 saturated carbocycles. The van der Waals surface area contributed by atoms with Crippen molar-refractivity contribution < 1.29 is 14.3 Å². The summed E-state index contributed by atoms with van der Waals surface area (Å²) in [5.41, 5.74) is 1.91. The predicted molar refractivity (Wildman–Crippen MR) is 102 cm³/mol. The van der Waals surface area contributed by atoms with Gasteiger partial charge in [-0.15, -0.1) is 11.8 Å². The van der Waals surface area contributed by atoms with Gasteiger partial charge in [-0.3, -0.25) is 0 Å². The molecule has 3 aromatic rings. The molecule has 6 nitrogen and oxygen atoms in total. The van der Waals surface area contributed by atoms with Gasteiger partial charge in [0.25, 0.3) is 0 Å². The topological polar surface area (TPSA) is 66.2 Å². The zero-order valence-electron chi connectivity index (χ0n) is 15.2. The molecule has 0 radical (unpaired) electrons. The summed E-state index contributed by atoms with van der Waals surface area (Å²) in [5, 5.41) is 4.99. The van der Waals surface area contributed by atoms with E-state index in [1.807, 2.05) is 57.2 Å². The highest BCUT2D eigenvalue weighted by Gasteiger charge is 2.20. The second-order valence-electron chi connectivity index (χ2n) is 6.73. The van der Waals surface area contributed by atoms with Crippen LogP contribution in [0.25, 0.3) is 11.0 Å². The number of ether oxygens (including phenoxy) is 2. The zero-order chi connectivity index (χ0) is 18.7. The van der Waals surface area contributed by atoms with E-state index in [9.17, 15) is 4.79 Å². The number of fused-ring (bicyclic) bond motifs is 1. The summed E-state index contributed by atoms with van der Waals surface area (Å²) in [4.78, 5) is 16.8. The maximum absolute atomic E-state index is 12.2. The second kappa shape index (κ2) is 7.37. The highest BCUT2D eigenvalue weighted by molar-refractivity contribution is 7.98. The Bertz CT molecular complexity index is 914. The van der Waals surface area contributed by atoms with Crippen molar-refractivity contribution in [1.82, 2.24) is 14.8 Å². The highest BCUT2D eigenvalue weighted by atomic mass is 32.2. The number of hydrogen-bond donors (Lipinski definition) is 0. The van der Waals surface area contributed by atoms with Crippen molar-refractivity contribution in [2.75, 3.05) is 7.11 Å². The van der Waals surface area contributed by atoms with E-state index in [-0.39, 0.29) is 0 Å². The lowest BCUT2D eigenvalue weighted by molar-refractivity contribution is 0.0522. The Morgan fingerprint density at radius 1 is 1.15 bits per heavy atom. The van der Waals surface area contributed by atoms with Gasteiger partial charge in [0.2, 0.25) is 0 Å². The Morgan fingerprint density at radius 3 is 2.54 bits per heavy atom. The van der Waals surface area contributed by atoms with E-state index in [1.165, 1.54) is 10.2 Å². The van der Waals surface area contributed by atoms with Gasteiger partial charge >= 0.3 is 6.09 Å². The molecule has 0 aliphatic rings. The van der Waals surface area contributed by atoms with E-state index in [1.54, 1.807) is 25.1 Å². The summed E-state index contributed by atoms with van der Waals surface area (Å²) >= 11 is 1.62. The van der Waals surface area contributed by atoms with Gasteiger partial charge in [-0.2, -0.15) is 9.78 Å². The second-order valence-corrected chi connectivity index (χ2v) is 7.72. The molecular formula is C19H21N3O3S. The van der Waals surface area contributed by atoms with Crippen molar-refractivity contribution in [3.8, 4) is 5.75 Å². The van der Waals surface area contributed by atoms with Crippen molar-refractivity contribution in [1.29, 1.82) is 0 Å². The Morgan fingerprint density at radius 2 is 1.88 bits per heavy atom. The molecule has 0 unspecified atom stereocenters. The fourth-order valence-electron chi connectivity index (χ4n) is 2.31. The first kappa shape index (κ1) is 18.3. The van der Waals surface area contributed by atoms with Crippen LogP contribution in [0.4, 0.5) is 4.79 Å². The van der Waals surface area contributed by atoms with Gasteiger partial charge in [-0.1, -0.05) is 12.1 Å². The quantitative estimate of drug-likeness (QED) is 0.629. The number of pyridine rings is 1. The first-order valence-corrected chi connectivity index (χ1v) is 9.18. The molecule has 0 fully saturated rings.